The van der Waals surface area contributed by atoms with Crippen LogP contribution in [0.5, 0.6) is 0 Å². The van der Waals surface area contributed by atoms with E-state index in [1.165, 1.54) is 17.5 Å². The van der Waals surface area contributed by atoms with Crippen LogP contribution >= 0.6 is 15.9 Å². The molecule has 0 amide bonds. The first-order valence-corrected chi connectivity index (χ1v) is 4.50. The Morgan fingerprint density at radius 1 is 1.45 bits per heavy atom. The van der Waals surface area contributed by atoms with Crippen molar-refractivity contribution in [3.63, 3.8) is 0 Å². The summed E-state index contributed by atoms with van der Waals surface area (Å²) >= 11 is 3.32. The Hall–Kier alpha value is -0.570. The Bertz CT molecular complexity index is 296. The van der Waals surface area contributed by atoms with Crippen LogP contribution in [0.15, 0.2) is 10.7 Å². The van der Waals surface area contributed by atoms with E-state index >= 15 is 0 Å². The molecule has 0 radical (unpaired) electrons. The van der Waals surface area contributed by atoms with Crippen LogP contribution in [-0.2, 0) is 12.8 Å². The second kappa shape index (κ2) is 2.48. The van der Waals surface area contributed by atoms with Gasteiger partial charge in [-0.15, -0.1) is 0 Å². The summed E-state index contributed by atoms with van der Waals surface area (Å²) in [5.74, 6) is 0.701. The molecule has 0 aliphatic heterocycles. The molecular formula is C8H9BrN2. The zero-order valence-corrected chi connectivity index (χ0v) is 7.69. The zero-order valence-electron chi connectivity index (χ0n) is 6.10. The maximum absolute atomic E-state index is 5.73. The summed E-state index contributed by atoms with van der Waals surface area (Å²) in [4.78, 5) is 4.14. The highest BCUT2D eigenvalue weighted by molar-refractivity contribution is 9.10. The van der Waals surface area contributed by atoms with Gasteiger partial charge in [0.25, 0.3) is 0 Å². The maximum Gasteiger partial charge on any atom is 0.128 e. The Morgan fingerprint density at radius 3 is 3.09 bits per heavy atom. The van der Waals surface area contributed by atoms with Crippen molar-refractivity contribution in [1.29, 1.82) is 0 Å². The van der Waals surface area contributed by atoms with Crippen molar-refractivity contribution in [2.45, 2.75) is 19.3 Å². The summed E-state index contributed by atoms with van der Waals surface area (Å²) in [6.45, 7) is 0. The van der Waals surface area contributed by atoms with E-state index in [1.54, 1.807) is 0 Å². The number of hydrogen-bond donors (Lipinski definition) is 1. The minimum Gasteiger partial charge on any atom is -0.383 e. The van der Waals surface area contributed by atoms with Crippen LogP contribution in [0.1, 0.15) is 17.5 Å². The van der Waals surface area contributed by atoms with E-state index in [9.17, 15) is 0 Å². The van der Waals surface area contributed by atoms with Crippen LogP contribution < -0.4 is 5.73 Å². The third-order valence-corrected chi connectivity index (χ3v) is 2.50. The van der Waals surface area contributed by atoms with Gasteiger partial charge in [0.05, 0.1) is 0 Å². The summed E-state index contributed by atoms with van der Waals surface area (Å²) in [5, 5.41) is 0. The smallest absolute Gasteiger partial charge is 0.128 e. The van der Waals surface area contributed by atoms with Gasteiger partial charge in [-0.2, -0.15) is 0 Å². The number of fused-ring (bicyclic) bond motifs is 1. The number of rotatable bonds is 0. The Kier molecular flexibility index (Phi) is 1.60. The maximum atomic E-state index is 5.73. The van der Waals surface area contributed by atoms with E-state index in [1.807, 2.05) is 0 Å². The average Bonchev–Trinajstić information content (AvgIpc) is 2.34. The van der Waals surface area contributed by atoms with Gasteiger partial charge < -0.3 is 5.73 Å². The number of pyridine rings is 1. The molecule has 0 atom stereocenters. The van der Waals surface area contributed by atoms with Crippen LogP contribution in [0.4, 0.5) is 5.82 Å². The topological polar surface area (TPSA) is 38.9 Å². The number of nitrogens with zero attached hydrogens (tertiary/aromatic N) is 1. The van der Waals surface area contributed by atoms with Crippen molar-refractivity contribution in [2.24, 2.45) is 0 Å². The van der Waals surface area contributed by atoms with Gasteiger partial charge in [0, 0.05) is 0 Å². The molecule has 0 saturated carbocycles. The number of hydrogen-bond acceptors (Lipinski definition) is 2. The van der Waals surface area contributed by atoms with E-state index in [4.69, 9.17) is 5.73 Å². The lowest BCUT2D eigenvalue weighted by atomic mass is 10.2. The summed E-state index contributed by atoms with van der Waals surface area (Å²) in [6.07, 6.45) is 3.47. The monoisotopic (exact) mass is 212 g/mol. The fourth-order valence-electron chi connectivity index (χ4n) is 1.58. The van der Waals surface area contributed by atoms with E-state index < -0.39 is 0 Å². The van der Waals surface area contributed by atoms with E-state index in [2.05, 4.69) is 27.0 Å². The van der Waals surface area contributed by atoms with Crippen molar-refractivity contribution >= 4 is 21.7 Å². The van der Waals surface area contributed by atoms with Gasteiger partial charge in [0.1, 0.15) is 10.4 Å². The minimum atomic E-state index is 0.701. The third-order valence-electron chi connectivity index (χ3n) is 2.09. The first-order valence-electron chi connectivity index (χ1n) is 3.71. The van der Waals surface area contributed by atoms with Crippen molar-refractivity contribution in [3.05, 3.63) is 21.8 Å². The number of aromatic nitrogens is 1. The number of halogens is 1. The molecule has 0 unspecified atom stereocenters. The molecule has 1 heterocycles. The lowest BCUT2D eigenvalue weighted by Gasteiger charge is -2.02. The predicted octanol–water partition coefficient (Wildman–Crippen LogP) is 1.92. The molecule has 0 spiro atoms. The molecule has 1 aromatic rings. The Morgan fingerprint density at radius 2 is 2.27 bits per heavy atom. The van der Waals surface area contributed by atoms with E-state index in [-0.39, 0.29) is 0 Å². The molecule has 0 aromatic carbocycles. The first kappa shape index (κ1) is 7.10. The van der Waals surface area contributed by atoms with Gasteiger partial charge in [-0.3, -0.25) is 0 Å². The highest BCUT2D eigenvalue weighted by Crippen LogP contribution is 2.27. The second-order valence-electron chi connectivity index (χ2n) is 2.82. The lowest BCUT2D eigenvalue weighted by molar-refractivity contribution is 0.912. The van der Waals surface area contributed by atoms with Gasteiger partial charge in [-0.1, -0.05) is 0 Å². The number of anilines is 1. The van der Waals surface area contributed by atoms with Crippen LogP contribution in [0.25, 0.3) is 0 Å². The number of aryl methyl sites for hydroxylation is 1. The third kappa shape index (κ3) is 1.13. The summed E-state index contributed by atoms with van der Waals surface area (Å²) < 4.78 is 0.857. The molecule has 2 nitrogen and oxygen atoms in total. The molecule has 2 rings (SSSR count). The molecule has 58 valence electrons. The normalized spacial score (nSPS) is 15.0. The summed E-state index contributed by atoms with van der Waals surface area (Å²) in [7, 11) is 0. The molecule has 0 fully saturated rings. The molecule has 0 bridgehead atoms. The fourth-order valence-corrected chi connectivity index (χ4v) is 2.04. The molecule has 3 heteroatoms. The minimum absolute atomic E-state index is 0.701. The van der Waals surface area contributed by atoms with E-state index in [0.29, 0.717) is 5.82 Å². The highest BCUT2D eigenvalue weighted by Gasteiger charge is 2.14. The van der Waals surface area contributed by atoms with Gasteiger partial charge in [-0.05, 0) is 52.4 Å². The van der Waals surface area contributed by atoms with Gasteiger partial charge in [0.2, 0.25) is 0 Å². The quantitative estimate of drug-likeness (QED) is 0.668. The molecule has 0 saturated heterocycles. The van der Waals surface area contributed by atoms with Gasteiger partial charge in [-0.25, -0.2) is 4.98 Å². The number of nitrogens with two attached hydrogens (primary N) is 1. The summed E-state index contributed by atoms with van der Waals surface area (Å²) in [6, 6.07) is 2.07. The van der Waals surface area contributed by atoms with Gasteiger partial charge >= 0.3 is 0 Å². The van der Waals surface area contributed by atoms with Crippen molar-refractivity contribution in [2.75, 3.05) is 5.73 Å². The van der Waals surface area contributed by atoms with Crippen LogP contribution in [0.3, 0.4) is 0 Å². The van der Waals surface area contributed by atoms with Crippen LogP contribution in [0, 0.1) is 0 Å². The predicted molar refractivity (Wildman–Crippen MR) is 48.4 cm³/mol. The summed E-state index contributed by atoms with van der Waals surface area (Å²) in [5.41, 5.74) is 8.35. The molecule has 1 aliphatic carbocycles. The molecular weight excluding hydrogens is 204 g/mol. The molecule has 1 aromatic heterocycles. The van der Waals surface area contributed by atoms with Crippen LogP contribution in [-0.4, -0.2) is 4.98 Å². The molecule has 2 N–H and O–H groups in total. The SMILES string of the molecule is Nc1nc(Br)cc2c1CCC2. The zero-order chi connectivity index (χ0) is 7.84. The number of nitrogen functional groups attached to an aromatic ring is 1. The van der Waals surface area contributed by atoms with Crippen molar-refractivity contribution in [3.8, 4) is 0 Å². The largest absolute Gasteiger partial charge is 0.383 e. The highest BCUT2D eigenvalue weighted by atomic mass is 79.9. The van der Waals surface area contributed by atoms with E-state index in [0.717, 1.165) is 17.4 Å². The van der Waals surface area contributed by atoms with Crippen molar-refractivity contribution in [1.82, 2.24) is 4.98 Å². The lowest BCUT2D eigenvalue weighted by Crippen LogP contribution is -1.97. The fraction of sp³-hybridized carbons (Fsp3) is 0.375. The van der Waals surface area contributed by atoms with Crippen LogP contribution in [0.2, 0.25) is 0 Å². The first-order chi connectivity index (χ1) is 5.27. The van der Waals surface area contributed by atoms with Gasteiger partial charge in [0.15, 0.2) is 0 Å². The Labute approximate surface area is 73.9 Å². The average molecular weight is 213 g/mol. The standard InChI is InChI=1S/C8H9BrN2/c9-7-4-5-2-1-3-6(5)8(10)11-7/h4H,1-3H2,(H2,10,11). The Balaban J connectivity index is 2.60. The molecule has 11 heavy (non-hydrogen) atoms. The molecule has 1 aliphatic rings. The van der Waals surface area contributed by atoms with Crippen molar-refractivity contribution < 1.29 is 0 Å². The second-order valence-corrected chi connectivity index (χ2v) is 3.63.